The second-order valence-corrected chi connectivity index (χ2v) is 5.69. The van der Waals surface area contributed by atoms with Gasteiger partial charge in [0.15, 0.2) is 0 Å². The van der Waals surface area contributed by atoms with Gasteiger partial charge in [-0.2, -0.15) is 0 Å². The zero-order chi connectivity index (χ0) is 15.1. The number of amides is 2. The van der Waals surface area contributed by atoms with E-state index in [1.165, 1.54) is 0 Å². The van der Waals surface area contributed by atoms with Gasteiger partial charge in [-0.1, -0.05) is 12.2 Å². The van der Waals surface area contributed by atoms with E-state index in [2.05, 4.69) is 4.90 Å². The summed E-state index contributed by atoms with van der Waals surface area (Å²) < 4.78 is 0. The van der Waals surface area contributed by atoms with Crippen LogP contribution < -0.4 is 5.73 Å². The maximum absolute atomic E-state index is 12.1. The van der Waals surface area contributed by atoms with Gasteiger partial charge in [0, 0.05) is 53.1 Å². The Morgan fingerprint density at radius 1 is 1.25 bits per heavy atom. The maximum Gasteiger partial charge on any atom is 0.236 e. The predicted molar refractivity (Wildman–Crippen MR) is 82.4 cm³/mol. The molecule has 0 atom stereocenters. The van der Waals surface area contributed by atoms with E-state index < -0.39 is 0 Å². The quantitative estimate of drug-likeness (QED) is 0.705. The molecule has 0 unspecified atom stereocenters. The van der Waals surface area contributed by atoms with Crippen LogP contribution in [-0.4, -0.2) is 77.8 Å². The van der Waals surface area contributed by atoms with Crippen molar-refractivity contribution in [2.24, 2.45) is 5.73 Å². The van der Waals surface area contributed by atoms with Crippen LogP contribution in [0.2, 0.25) is 0 Å². The fourth-order valence-corrected chi connectivity index (χ4v) is 2.25. The van der Waals surface area contributed by atoms with Crippen LogP contribution in [-0.2, 0) is 9.59 Å². The van der Waals surface area contributed by atoms with E-state index in [-0.39, 0.29) is 11.8 Å². The molecule has 7 heteroatoms. The highest BCUT2D eigenvalue weighted by Gasteiger charge is 2.19. The molecule has 1 saturated heterocycles. The Kier molecular flexibility index (Phi) is 6.87. The summed E-state index contributed by atoms with van der Waals surface area (Å²) in [6.07, 6.45) is 1.46. The highest BCUT2D eigenvalue weighted by molar-refractivity contribution is 7.80. The lowest BCUT2D eigenvalue weighted by molar-refractivity contribution is -0.131. The molecule has 0 radical (unpaired) electrons. The smallest absolute Gasteiger partial charge is 0.236 e. The second kappa shape index (κ2) is 8.16. The lowest BCUT2D eigenvalue weighted by Crippen LogP contribution is -2.41. The highest BCUT2D eigenvalue weighted by Crippen LogP contribution is 2.04. The molecule has 1 aliphatic rings. The molecule has 1 heterocycles. The molecule has 2 N–H and O–H groups in total. The summed E-state index contributed by atoms with van der Waals surface area (Å²) in [7, 11) is 1.76. The Bertz CT molecular complexity index is 375. The number of nitrogens with zero attached hydrogens (tertiary/aromatic N) is 3. The fraction of sp³-hybridized carbons (Fsp3) is 0.769. The molecule has 114 valence electrons. The fourth-order valence-electron chi connectivity index (χ4n) is 2.16. The van der Waals surface area contributed by atoms with Crippen LogP contribution in [0, 0.1) is 0 Å². The van der Waals surface area contributed by atoms with Gasteiger partial charge in [-0.15, -0.1) is 0 Å². The molecule has 1 fully saturated rings. The van der Waals surface area contributed by atoms with Crippen LogP contribution in [0.1, 0.15) is 19.8 Å². The van der Waals surface area contributed by atoms with Crippen molar-refractivity contribution in [2.75, 3.05) is 46.3 Å². The van der Waals surface area contributed by atoms with Gasteiger partial charge in [-0.05, 0) is 6.42 Å². The first kappa shape index (κ1) is 16.8. The van der Waals surface area contributed by atoms with Gasteiger partial charge in [-0.25, -0.2) is 0 Å². The molecule has 2 amide bonds. The monoisotopic (exact) mass is 300 g/mol. The molecular weight excluding hydrogens is 276 g/mol. The van der Waals surface area contributed by atoms with Crippen molar-refractivity contribution in [3.8, 4) is 0 Å². The molecule has 20 heavy (non-hydrogen) atoms. The first-order valence-corrected chi connectivity index (χ1v) is 7.31. The lowest BCUT2D eigenvalue weighted by Gasteiger charge is -2.24. The van der Waals surface area contributed by atoms with E-state index in [0.717, 1.165) is 26.1 Å². The Labute approximate surface area is 125 Å². The summed E-state index contributed by atoms with van der Waals surface area (Å²) in [6.45, 7) is 5.59. The topological polar surface area (TPSA) is 69.9 Å². The predicted octanol–water partition coefficient (Wildman–Crippen LogP) is -0.325. The van der Waals surface area contributed by atoms with Crippen molar-refractivity contribution in [3.05, 3.63) is 0 Å². The molecule has 0 aliphatic carbocycles. The van der Waals surface area contributed by atoms with Crippen LogP contribution in [0.5, 0.6) is 0 Å². The average molecular weight is 300 g/mol. The minimum atomic E-state index is 0.0672. The van der Waals surface area contributed by atoms with E-state index in [1.807, 2.05) is 4.90 Å². The van der Waals surface area contributed by atoms with Gasteiger partial charge in [0.1, 0.15) is 0 Å². The number of likely N-dealkylation sites (N-methyl/N-ethyl adjacent to an activating group) is 1. The van der Waals surface area contributed by atoms with Crippen molar-refractivity contribution in [2.45, 2.75) is 19.8 Å². The van der Waals surface area contributed by atoms with E-state index in [9.17, 15) is 9.59 Å². The Morgan fingerprint density at radius 2 is 1.95 bits per heavy atom. The summed E-state index contributed by atoms with van der Waals surface area (Å²) >= 11 is 4.81. The number of rotatable bonds is 5. The largest absolute Gasteiger partial charge is 0.393 e. The Morgan fingerprint density at radius 3 is 2.55 bits per heavy atom. The third-order valence-electron chi connectivity index (χ3n) is 3.51. The number of hydrogen-bond acceptors (Lipinski definition) is 4. The van der Waals surface area contributed by atoms with Gasteiger partial charge in [0.05, 0.1) is 11.5 Å². The van der Waals surface area contributed by atoms with E-state index >= 15 is 0 Å². The van der Waals surface area contributed by atoms with Gasteiger partial charge >= 0.3 is 0 Å². The number of carbonyl (C=O) groups excluding carboxylic acids is 2. The van der Waals surface area contributed by atoms with Gasteiger partial charge in [0.2, 0.25) is 11.8 Å². The summed E-state index contributed by atoms with van der Waals surface area (Å²) in [4.78, 5) is 29.4. The minimum Gasteiger partial charge on any atom is -0.393 e. The van der Waals surface area contributed by atoms with Gasteiger partial charge < -0.3 is 15.5 Å². The van der Waals surface area contributed by atoms with Crippen LogP contribution >= 0.6 is 12.2 Å². The van der Waals surface area contributed by atoms with Crippen molar-refractivity contribution in [1.82, 2.24) is 14.7 Å². The molecule has 6 nitrogen and oxygen atoms in total. The molecule has 0 aromatic carbocycles. The number of hydrogen-bond donors (Lipinski definition) is 1. The van der Waals surface area contributed by atoms with Crippen LogP contribution in [0.15, 0.2) is 0 Å². The summed E-state index contributed by atoms with van der Waals surface area (Å²) in [5, 5.41) is 0. The van der Waals surface area contributed by atoms with E-state index in [0.29, 0.717) is 31.0 Å². The van der Waals surface area contributed by atoms with Crippen molar-refractivity contribution in [1.29, 1.82) is 0 Å². The van der Waals surface area contributed by atoms with Crippen molar-refractivity contribution >= 4 is 29.0 Å². The average Bonchev–Trinajstić information content (AvgIpc) is 2.61. The normalized spacial score (nSPS) is 16.6. The van der Waals surface area contributed by atoms with Crippen molar-refractivity contribution < 1.29 is 9.59 Å². The summed E-state index contributed by atoms with van der Waals surface area (Å²) in [5.41, 5.74) is 5.44. The molecule has 0 aromatic rings. The number of carbonyl (C=O) groups is 2. The standard InChI is InChI=1S/C13H24N4O2S/c1-11(18)17-6-3-5-16(8-9-17)10-13(19)15(2)7-4-12(14)20/h3-10H2,1-2H3,(H2,14,20). The van der Waals surface area contributed by atoms with Crippen LogP contribution in [0.4, 0.5) is 0 Å². The highest BCUT2D eigenvalue weighted by atomic mass is 32.1. The first-order chi connectivity index (χ1) is 9.40. The Hall–Kier alpha value is -1.21. The van der Waals surface area contributed by atoms with Crippen molar-refractivity contribution in [3.63, 3.8) is 0 Å². The molecule has 0 aromatic heterocycles. The zero-order valence-electron chi connectivity index (χ0n) is 12.3. The van der Waals surface area contributed by atoms with Gasteiger partial charge in [-0.3, -0.25) is 14.5 Å². The third-order valence-corrected chi connectivity index (χ3v) is 3.72. The maximum atomic E-state index is 12.1. The van der Waals surface area contributed by atoms with Crippen LogP contribution in [0.3, 0.4) is 0 Å². The first-order valence-electron chi connectivity index (χ1n) is 6.90. The lowest BCUT2D eigenvalue weighted by atomic mass is 10.3. The third kappa shape index (κ3) is 5.83. The zero-order valence-corrected chi connectivity index (χ0v) is 13.1. The minimum absolute atomic E-state index is 0.0672. The number of thiocarbonyl (C=S) groups is 1. The number of nitrogens with two attached hydrogens (primary N) is 1. The molecule has 1 aliphatic heterocycles. The molecule has 1 rings (SSSR count). The summed E-state index contributed by atoms with van der Waals surface area (Å²) in [6, 6.07) is 0. The molecule has 0 saturated carbocycles. The SMILES string of the molecule is CC(=O)N1CCCN(CC(=O)N(C)CCC(N)=S)CC1. The van der Waals surface area contributed by atoms with E-state index in [1.54, 1.807) is 18.9 Å². The van der Waals surface area contributed by atoms with Gasteiger partial charge in [0.25, 0.3) is 0 Å². The molecular formula is C13H24N4O2S. The molecule has 0 spiro atoms. The second-order valence-electron chi connectivity index (χ2n) is 5.17. The van der Waals surface area contributed by atoms with E-state index in [4.69, 9.17) is 18.0 Å². The summed E-state index contributed by atoms with van der Waals surface area (Å²) in [5.74, 6) is 0.171. The van der Waals surface area contributed by atoms with Crippen LogP contribution in [0.25, 0.3) is 0 Å². The Balaban J connectivity index is 2.38. The molecule has 0 bridgehead atoms.